The smallest absolute Gasteiger partial charge is 0.411 e. The molecule has 3 heterocycles. The zero-order valence-corrected chi connectivity index (χ0v) is 12.3. The third-order valence-corrected chi connectivity index (χ3v) is 3.83. The minimum atomic E-state index is -1.02. The fraction of sp³-hybridized carbons (Fsp3) is 0.167. The summed E-state index contributed by atoms with van der Waals surface area (Å²) < 4.78 is 5.63. The summed E-state index contributed by atoms with van der Waals surface area (Å²) in [7, 11) is 1.48. The second kappa shape index (κ2) is 5.48. The molecule has 0 atom stereocenters. The lowest BCUT2D eigenvalue weighted by Gasteiger charge is -2.09. The number of amides is 1. The van der Waals surface area contributed by atoms with Crippen LogP contribution in [0.5, 0.6) is 5.88 Å². The number of fused-ring (bicyclic) bond motifs is 1. The lowest BCUT2D eigenvalue weighted by Crippen LogP contribution is -2.23. The van der Waals surface area contributed by atoms with Crippen LogP contribution in [-0.4, -0.2) is 38.2 Å². The number of aromatic amines is 1. The van der Waals surface area contributed by atoms with E-state index >= 15 is 0 Å². The van der Waals surface area contributed by atoms with Crippen LogP contribution in [0.25, 0.3) is 11.2 Å². The van der Waals surface area contributed by atoms with Gasteiger partial charge in [-0.1, -0.05) is 0 Å². The molecule has 0 aromatic carbocycles. The SMILES string of the molecule is CN(C(=O)O)c1csc(COc2nc(N)nc3[nH]cnc23)c1. The molecule has 0 saturated heterocycles. The Morgan fingerprint density at radius 3 is 3.14 bits per heavy atom. The van der Waals surface area contributed by atoms with E-state index in [2.05, 4.69) is 19.9 Å². The monoisotopic (exact) mass is 320 g/mol. The maximum absolute atomic E-state index is 10.9. The Balaban J connectivity index is 1.77. The minimum Gasteiger partial charge on any atom is -0.470 e. The van der Waals surface area contributed by atoms with Crippen molar-refractivity contribution in [2.75, 3.05) is 17.7 Å². The molecule has 22 heavy (non-hydrogen) atoms. The van der Waals surface area contributed by atoms with Crippen molar-refractivity contribution < 1.29 is 14.6 Å². The van der Waals surface area contributed by atoms with Gasteiger partial charge in [0, 0.05) is 17.3 Å². The number of nitrogens with one attached hydrogen (secondary N) is 1. The number of aromatic nitrogens is 4. The van der Waals surface area contributed by atoms with E-state index in [-0.39, 0.29) is 18.4 Å². The molecule has 0 fully saturated rings. The van der Waals surface area contributed by atoms with Crippen LogP contribution in [0.3, 0.4) is 0 Å². The van der Waals surface area contributed by atoms with Gasteiger partial charge in [-0.15, -0.1) is 11.3 Å². The maximum Gasteiger partial charge on any atom is 0.411 e. The fourth-order valence-electron chi connectivity index (χ4n) is 1.80. The molecule has 10 heteroatoms. The average Bonchev–Trinajstić information content (AvgIpc) is 3.12. The van der Waals surface area contributed by atoms with Gasteiger partial charge in [0.05, 0.1) is 12.0 Å². The van der Waals surface area contributed by atoms with Crippen molar-refractivity contribution in [2.24, 2.45) is 0 Å². The van der Waals surface area contributed by atoms with Crippen LogP contribution in [0.1, 0.15) is 4.88 Å². The van der Waals surface area contributed by atoms with E-state index in [1.165, 1.54) is 24.7 Å². The number of imidazole rings is 1. The number of hydrogen-bond acceptors (Lipinski definition) is 7. The summed E-state index contributed by atoms with van der Waals surface area (Å²) in [6.07, 6.45) is 0.462. The second-order valence-electron chi connectivity index (χ2n) is 4.39. The normalized spacial score (nSPS) is 10.8. The summed E-state index contributed by atoms with van der Waals surface area (Å²) in [6, 6.07) is 1.74. The van der Waals surface area contributed by atoms with E-state index in [9.17, 15) is 4.79 Å². The van der Waals surface area contributed by atoms with Gasteiger partial charge in [-0.3, -0.25) is 4.90 Å². The Bertz CT molecular complexity index is 829. The first-order chi connectivity index (χ1) is 10.5. The number of rotatable bonds is 4. The topological polar surface area (TPSA) is 130 Å². The van der Waals surface area contributed by atoms with E-state index in [4.69, 9.17) is 15.6 Å². The molecule has 3 aromatic rings. The lowest BCUT2D eigenvalue weighted by molar-refractivity contribution is 0.203. The fourth-order valence-corrected chi connectivity index (χ4v) is 2.61. The van der Waals surface area contributed by atoms with E-state index in [1.807, 2.05) is 0 Å². The van der Waals surface area contributed by atoms with Gasteiger partial charge < -0.3 is 20.6 Å². The maximum atomic E-state index is 10.9. The van der Waals surface area contributed by atoms with Crippen LogP contribution in [0, 0.1) is 0 Å². The van der Waals surface area contributed by atoms with Crippen LogP contribution in [0.4, 0.5) is 16.4 Å². The number of hydrogen-bond donors (Lipinski definition) is 3. The Labute approximate surface area is 128 Å². The second-order valence-corrected chi connectivity index (χ2v) is 5.38. The third kappa shape index (κ3) is 2.63. The molecule has 0 bridgehead atoms. The summed E-state index contributed by atoms with van der Waals surface area (Å²) in [6.45, 7) is 0.233. The standard InChI is InChI=1S/C12H12N6O3S/c1-18(12(19)20)6-2-7(22-4-6)3-21-10-8-9(15-5-14-8)16-11(13)17-10/h2,4-5H,3H2,1H3,(H,19,20)(H3,13,14,15,16,17). The van der Waals surface area contributed by atoms with Crippen LogP contribution in [-0.2, 0) is 6.61 Å². The molecule has 0 saturated carbocycles. The van der Waals surface area contributed by atoms with Crippen LogP contribution in [0.2, 0.25) is 0 Å². The van der Waals surface area contributed by atoms with Gasteiger partial charge in [0.15, 0.2) is 11.2 Å². The highest BCUT2D eigenvalue weighted by atomic mass is 32.1. The molecule has 0 aliphatic rings. The number of carbonyl (C=O) groups is 1. The van der Waals surface area contributed by atoms with Crippen LogP contribution < -0.4 is 15.4 Å². The zero-order valence-electron chi connectivity index (χ0n) is 11.5. The molecule has 0 radical (unpaired) electrons. The van der Waals surface area contributed by atoms with Crippen molar-refractivity contribution >= 4 is 40.2 Å². The minimum absolute atomic E-state index is 0.0872. The molecule has 0 unspecified atom stereocenters. The third-order valence-electron chi connectivity index (χ3n) is 2.93. The molecular formula is C12H12N6O3S. The first kappa shape index (κ1) is 14.1. The quantitative estimate of drug-likeness (QED) is 0.666. The molecule has 3 aromatic heterocycles. The molecule has 1 amide bonds. The first-order valence-corrected chi connectivity index (χ1v) is 7.06. The molecule has 0 aliphatic heterocycles. The Kier molecular flexibility index (Phi) is 3.51. The van der Waals surface area contributed by atoms with Crippen LogP contribution >= 0.6 is 11.3 Å². The predicted molar refractivity (Wildman–Crippen MR) is 81.2 cm³/mol. The number of nitrogens with zero attached hydrogens (tertiary/aromatic N) is 4. The summed E-state index contributed by atoms with van der Waals surface area (Å²) in [5.41, 5.74) is 7.19. The van der Waals surface area contributed by atoms with Crippen molar-refractivity contribution in [3.05, 3.63) is 22.7 Å². The number of H-pyrrole nitrogens is 1. The van der Waals surface area contributed by atoms with Crippen molar-refractivity contribution in [3.8, 4) is 5.88 Å². The van der Waals surface area contributed by atoms with E-state index in [0.29, 0.717) is 16.9 Å². The van der Waals surface area contributed by atoms with E-state index < -0.39 is 6.09 Å². The Hall–Kier alpha value is -2.88. The van der Waals surface area contributed by atoms with Gasteiger partial charge in [-0.2, -0.15) is 9.97 Å². The first-order valence-electron chi connectivity index (χ1n) is 6.18. The van der Waals surface area contributed by atoms with Gasteiger partial charge in [-0.05, 0) is 6.07 Å². The molecule has 4 N–H and O–H groups in total. The summed E-state index contributed by atoms with van der Waals surface area (Å²) in [4.78, 5) is 27.8. The van der Waals surface area contributed by atoms with Gasteiger partial charge >= 0.3 is 6.09 Å². The molecule has 3 rings (SSSR count). The van der Waals surface area contributed by atoms with Crippen molar-refractivity contribution in [3.63, 3.8) is 0 Å². The molecule has 9 nitrogen and oxygen atoms in total. The van der Waals surface area contributed by atoms with Crippen molar-refractivity contribution in [2.45, 2.75) is 6.61 Å². The molecule has 0 aliphatic carbocycles. The van der Waals surface area contributed by atoms with Gasteiger partial charge in [0.25, 0.3) is 0 Å². The Morgan fingerprint density at radius 2 is 2.36 bits per heavy atom. The number of ether oxygens (including phenoxy) is 1. The van der Waals surface area contributed by atoms with Crippen molar-refractivity contribution in [1.29, 1.82) is 0 Å². The molecular weight excluding hydrogens is 308 g/mol. The number of carboxylic acid groups (broad SMARTS) is 1. The lowest BCUT2D eigenvalue weighted by atomic mass is 10.4. The van der Waals surface area contributed by atoms with Crippen LogP contribution in [0.15, 0.2) is 17.8 Å². The highest BCUT2D eigenvalue weighted by molar-refractivity contribution is 7.10. The highest BCUT2D eigenvalue weighted by Crippen LogP contribution is 2.25. The van der Waals surface area contributed by atoms with Crippen molar-refractivity contribution in [1.82, 2.24) is 19.9 Å². The number of nitrogens with two attached hydrogens (primary N) is 1. The van der Waals surface area contributed by atoms with Gasteiger partial charge in [0.2, 0.25) is 11.8 Å². The number of anilines is 2. The van der Waals surface area contributed by atoms with E-state index in [1.54, 1.807) is 11.4 Å². The van der Waals surface area contributed by atoms with Gasteiger partial charge in [0.1, 0.15) is 6.61 Å². The Morgan fingerprint density at radius 1 is 1.55 bits per heavy atom. The summed E-state index contributed by atoms with van der Waals surface area (Å²) >= 11 is 1.39. The van der Waals surface area contributed by atoms with Gasteiger partial charge in [-0.25, -0.2) is 9.78 Å². The average molecular weight is 320 g/mol. The number of nitrogen functional groups attached to an aromatic ring is 1. The molecule has 0 spiro atoms. The predicted octanol–water partition coefficient (Wildman–Crippen LogP) is 1.69. The zero-order chi connectivity index (χ0) is 15.7. The summed E-state index contributed by atoms with van der Waals surface area (Å²) in [5, 5.41) is 10.7. The number of thiophene rings is 1. The largest absolute Gasteiger partial charge is 0.470 e. The highest BCUT2D eigenvalue weighted by Gasteiger charge is 2.13. The summed E-state index contributed by atoms with van der Waals surface area (Å²) in [5.74, 6) is 0.370. The van der Waals surface area contributed by atoms with E-state index in [0.717, 1.165) is 9.78 Å². The molecule has 114 valence electrons.